The molecule has 0 radical (unpaired) electrons. The minimum absolute atomic E-state index is 0.0650. The maximum absolute atomic E-state index is 12.7. The highest BCUT2D eigenvalue weighted by atomic mass is 16.3. The molecule has 0 saturated carbocycles. The molecule has 2 heterocycles. The molecule has 1 amide bonds. The molecule has 3 rings (SSSR count). The first-order valence-corrected chi connectivity index (χ1v) is 8.56. The number of nitrogens with zero attached hydrogens (tertiary/aromatic N) is 5. The fourth-order valence-electron chi connectivity index (χ4n) is 3.09. The Hall–Kier alpha value is -2.25. The third-order valence-electron chi connectivity index (χ3n) is 4.28. The van der Waals surface area contributed by atoms with E-state index in [-0.39, 0.29) is 5.91 Å². The molecule has 7 nitrogen and oxygen atoms in total. The first kappa shape index (κ1) is 17.6. The fourth-order valence-corrected chi connectivity index (χ4v) is 3.09. The van der Waals surface area contributed by atoms with Gasteiger partial charge in [-0.05, 0) is 31.5 Å². The number of piperazine rings is 1. The molecular weight excluding hydrogens is 318 g/mol. The molecule has 7 heteroatoms. The Morgan fingerprint density at radius 1 is 1.16 bits per heavy atom. The predicted molar refractivity (Wildman–Crippen MR) is 94.2 cm³/mol. The number of hydrogen-bond acceptors (Lipinski definition) is 5. The van der Waals surface area contributed by atoms with Gasteiger partial charge in [0.1, 0.15) is 12.7 Å². The Morgan fingerprint density at radius 2 is 1.84 bits per heavy atom. The molecule has 1 aliphatic rings. The number of β-amino-alcohol motifs (C(OH)–C–C–N with tert-alkyl or cyclic N) is 1. The topological polar surface area (TPSA) is 74.5 Å². The lowest BCUT2D eigenvalue weighted by atomic mass is 10.1. The van der Waals surface area contributed by atoms with E-state index in [1.54, 1.807) is 11.0 Å². The predicted octanol–water partition coefficient (Wildman–Crippen LogP) is 0.855. The number of aliphatic hydroxyl groups is 1. The van der Waals surface area contributed by atoms with Crippen molar-refractivity contribution >= 4 is 5.91 Å². The Balaban J connectivity index is 1.55. The molecule has 0 bridgehead atoms. The Kier molecular flexibility index (Phi) is 5.15. The maximum atomic E-state index is 12.7. The van der Waals surface area contributed by atoms with E-state index in [1.807, 2.05) is 43.0 Å². The number of amides is 1. The minimum atomic E-state index is -0.702. The van der Waals surface area contributed by atoms with Crippen molar-refractivity contribution in [2.45, 2.75) is 26.0 Å². The van der Waals surface area contributed by atoms with E-state index < -0.39 is 5.60 Å². The summed E-state index contributed by atoms with van der Waals surface area (Å²) < 4.78 is 1.75. The highest BCUT2D eigenvalue weighted by molar-refractivity contribution is 5.94. The van der Waals surface area contributed by atoms with E-state index in [4.69, 9.17) is 0 Å². The van der Waals surface area contributed by atoms with Crippen molar-refractivity contribution in [3.8, 4) is 0 Å². The first-order valence-electron chi connectivity index (χ1n) is 8.56. The molecular formula is C18H25N5O2. The zero-order valence-corrected chi connectivity index (χ0v) is 14.8. The van der Waals surface area contributed by atoms with Crippen LogP contribution in [0.4, 0.5) is 0 Å². The largest absolute Gasteiger partial charge is 0.389 e. The number of carbonyl (C=O) groups excluding carboxylic acids is 1. The lowest BCUT2D eigenvalue weighted by Crippen LogP contribution is -2.51. The second kappa shape index (κ2) is 7.33. The highest BCUT2D eigenvalue weighted by Gasteiger charge is 2.25. The molecule has 0 spiro atoms. The van der Waals surface area contributed by atoms with Crippen LogP contribution >= 0.6 is 0 Å². The van der Waals surface area contributed by atoms with Crippen LogP contribution < -0.4 is 0 Å². The summed E-state index contributed by atoms with van der Waals surface area (Å²) in [7, 11) is 0. The number of benzene rings is 1. The highest BCUT2D eigenvalue weighted by Crippen LogP contribution is 2.13. The summed E-state index contributed by atoms with van der Waals surface area (Å²) in [4.78, 5) is 20.7. The average molecular weight is 343 g/mol. The van der Waals surface area contributed by atoms with Gasteiger partial charge in [-0.15, -0.1) is 0 Å². The van der Waals surface area contributed by atoms with Crippen molar-refractivity contribution in [1.29, 1.82) is 0 Å². The second-order valence-corrected chi connectivity index (χ2v) is 7.17. The molecule has 1 saturated heterocycles. The van der Waals surface area contributed by atoms with E-state index in [2.05, 4.69) is 15.0 Å². The van der Waals surface area contributed by atoms with E-state index in [1.165, 1.54) is 6.33 Å². The van der Waals surface area contributed by atoms with Gasteiger partial charge in [-0.2, -0.15) is 5.10 Å². The molecule has 0 atom stereocenters. The van der Waals surface area contributed by atoms with Gasteiger partial charge in [-0.25, -0.2) is 9.67 Å². The van der Waals surface area contributed by atoms with Crippen LogP contribution in [0, 0.1) is 0 Å². The molecule has 1 aromatic heterocycles. The summed E-state index contributed by atoms with van der Waals surface area (Å²) in [5.74, 6) is 0.0650. The van der Waals surface area contributed by atoms with Crippen LogP contribution in [0.1, 0.15) is 29.8 Å². The summed E-state index contributed by atoms with van der Waals surface area (Å²) in [5, 5.41) is 14.0. The number of aromatic nitrogens is 3. The Morgan fingerprint density at radius 3 is 2.40 bits per heavy atom. The van der Waals surface area contributed by atoms with Crippen molar-refractivity contribution < 1.29 is 9.90 Å². The zero-order valence-electron chi connectivity index (χ0n) is 14.8. The quantitative estimate of drug-likeness (QED) is 0.871. The monoisotopic (exact) mass is 343 g/mol. The van der Waals surface area contributed by atoms with Gasteiger partial charge in [0.05, 0.1) is 12.1 Å². The average Bonchev–Trinajstić information content (AvgIpc) is 3.07. The van der Waals surface area contributed by atoms with Crippen molar-refractivity contribution in [3.05, 3.63) is 48.0 Å². The molecule has 1 N–H and O–H groups in total. The number of rotatable bonds is 5. The third kappa shape index (κ3) is 4.87. The van der Waals surface area contributed by atoms with Crippen molar-refractivity contribution in [3.63, 3.8) is 0 Å². The van der Waals surface area contributed by atoms with Gasteiger partial charge in [0.25, 0.3) is 5.91 Å². The van der Waals surface area contributed by atoms with Crippen LogP contribution in [-0.2, 0) is 6.54 Å². The maximum Gasteiger partial charge on any atom is 0.253 e. The van der Waals surface area contributed by atoms with Gasteiger partial charge in [0.15, 0.2) is 0 Å². The fraction of sp³-hybridized carbons (Fsp3) is 0.500. The normalized spacial score (nSPS) is 16.2. The van der Waals surface area contributed by atoms with Crippen LogP contribution in [0.3, 0.4) is 0 Å². The lowest BCUT2D eigenvalue weighted by molar-refractivity contribution is 0.0178. The van der Waals surface area contributed by atoms with Crippen molar-refractivity contribution in [2.24, 2.45) is 0 Å². The van der Waals surface area contributed by atoms with Gasteiger partial charge in [0, 0.05) is 38.3 Å². The molecule has 25 heavy (non-hydrogen) atoms. The standard InChI is InChI=1S/C18H25N5O2/c1-18(2,25)12-21-7-9-22(10-8-21)17(24)16-5-3-15(4-6-16)11-23-14-19-13-20-23/h3-6,13-14,25H,7-12H2,1-2H3. The van der Waals surface area contributed by atoms with Gasteiger partial charge >= 0.3 is 0 Å². The van der Waals surface area contributed by atoms with Crippen molar-refractivity contribution in [2.75, 3.05) is 32.7 Å². The summed E-state index contributed by atoms with van der Waals surface area (Å²) in [5.41, 5.74) is 1.09. The van der Waals surface area contributed by atoms with Crippen LogP contribution in [0.15, 0.2) is 36.9 Å². The smallest absolute Gasteiger partial charge is 0.253 e. The zero-order chi connectivity index (χ0) is 17.9. The molecule has 1 fully saturated rings. The van der Waals surface area contributed by atoms with E-state index in [0.29, 0.717) is 31.7 Å². The second-order valence-electron chi connectivity index (χ2n) is 7.17. The summed E-state index contributed by atoms with van der Waals surface area (Å²) in [6, 6.07) is 7.66. The molecule has 0 unspecified atom stereocenters. The molecule has 134 valence electrons. The summed E-state index contributed by atoms with van der Waals surface area (Å²) >= 11 is 0. The van der Waals surface area contributed by atoms with Crippen molar-refractivity contribution in [1.82, 2.24) is 24.6 Å². The molecule has 1 aromatic carbocycles. The summed E-state index contributed by atoms with van der Waals surface area (Å²) in [6.07, 6.45) is 3.18. The summed E-state index contributed by atoms with van der Waals surface area (Å²) in [6.45, 7) is 7.86. The van der Waals surface area contributed by atoms with E-state index >= 15 is 0 Å². The van der Waals surface area contributed by atoms with E-state index in [9.17, 15) is 9.90 Å². The third-order valence-corrected chi connectivity index (χ3v) is 4.28. The lowest BCUT2D eigenvalue weighted by Gasteiger charge is -2.37. The minimum Gasteiger partial charge on any atom is -0.389 e. The molecule has 1 aliphatic heterocycles. The van der Waals surface area contributed by atoms with Gasteiger partial charge in [-0.3, -0.25) is 9.69 Å². The Bertz CT molecular complexity index is 683. The molecule has 2 aromatic rings. The number of hydrogen-bond donors (Lipinski definition) is 1. The van der Waals surface area contributed by atoms with Gasteiger partial charge in [-0.1, -0.05) is 12.1 Å². The van der Waals surface area contributed by atoms with Crippen LogP contribution in [0.5, 0.6) is 0 Å². The SMILES string of the molecule is CC(C)(O)CN1CCN(C(=O)c2ccc(Cn3cncn3)cc2)CC1. The first-order chi connectivity index (χ1) is 11.9. The van der Waals surface area contributed by atoms with Crippen LogP contribution in [-0.4, -0.2) is 73.9 Å². The van der Waals surface area contributed by atoms with Crippen LogP contribution in [0.25, 0.3) is 0 Å². The molecule has 0 aliphatic carbocycles. The van der Waals surface area contributed by atoms with E-state index in [0.717, 1.165) is 18.7 Å². The Labute approximate surface area is 147 Å². The van der Waals surface area contributed by atoms with Gasteiger partial charge in [0.2, 0.25) is 0 Å². The van der Waals surface area contributed by atoms with Crippen LogP contribution in [0.2, 0.25) is 0 Å². The number of carbonyl (C=O) groups is 1. The van der Waals surface area contributed by atoms with Gasteiger partial charge < -0.3 is 10.0 Å².